The van der Waals surface area contributed by atoms with Gasteiger partial charge < -0.3 is 19.7 Å². The van der Waals surface area contributed by atoms with E-state index in [0.717, 1.165) is 51.3 Å². The van der Waals surface area contributed by atoms with Crippen molar-refractivity contribution in [3.63, 3.8) is 0 Å². The van der Waals surface area contributed by atoms with Crippen molar-refractivity contribution in [1.82, 2.24) is 4.90 Å². The lowest BCUT2D eigenvalue weighted by Gasteiger charge is -2.26. The van der Waals surface area contributed by atoms with E-state index in [1.165, 1.54) is 0 Å². The highest BCUT2D eigenvalue weighted by Crippen LogP contribution is 2.27. The molecule has 0 bridgehead atoms. The van der Waals surface area contributed by atoms with E-state index in [2.05, 4.69) is 4.90 Å². The van der Waals surface area contributed by atoms with Gasteiger partial charge in [0.25, 0.3) is 0 Å². The Morgan fingerprint density at radius 2 is 1.85 bits per heavy atom. The third-order valence-corrected chi connectivity index (χ3v) is 3.72. The van der Waals surface area contributed by atoms with E-state index < -0.39 is 16.9 Å². The maximum atomic E-state index is 11.0. The second kappa shape index (κ2) is 11.8. The van der Waals surface area contributed by atoms with Gasteiger partial charge in [0.05, 0.1) is 24.7 Å². The third-order valence-electron chi connectivity index (χ3n) is 3.72. The fourth-order valence-electron chi connectivity index (χ4n) is 2.34. The average molecular weight is 384 g/mol. The van der Waals surface area contributed by atoms with Crippen LogP contribution >= 0.6 is 0 Å². The molecule has 1 aliphatic heterocycles. The highest BCUT2D eigenvalue weighted by molar-refractivity contribution is 6.27. The molecular formula is C17H24N2O8. The summed E-state index contributed by atoms with van der Waals surface area (Å²) in [6.07, 6.45) is 1.92. The van der Waals surface area contributed by atoms with Crippen molar-refractivity contribution in [2.45, 2.75) is 19.8 Å². The zero-order chi connectivity index (χ0) is 20.2. The normalized spacial score (nSPS) is 14.0. The zero-order valence-electron chi connectivity index (χ0n) is 15.1. The van der Waals surface area contributed by atoms with Crippen molar-refractivity contribution >= 4 is 17.6 Å². The number of aryl methyl sites for hydroxylation is 1. The standard InChI is InChI=1S/C15H22N2O4.C2H2O4/c1-13-4-5-15(14(12-13)17(18)19)21-9-3-2-6-16-7-10-20-11-8-16;3-1(4)2(5)6/h4-5,12H,2-3,6-11H2,1H3;(H,3,4)(H,5,6). The van der Waals surface area contributed by atoms with Crippen LogP contribution in [0.25, 0.3) is 0 Å². The van der Waals surface area contributed by atoms with Gasteiger partial charge in [-0.25, -0.2) is 9.59 Å². The SMILES string of the molecule is Cc1ccc(OCCCCN2CCOCC2)c([N+](=O)[O-])c1.O=C(O)C(=O)O. The largest absolute Gasteiger partial charge is 0.487 e. The first-order chi connectivity index (χ1) is 12.8. The maximum absolute atomic E-state index is 11.0. The number of morpholine rings is 1. The van der Waals surface area contributed by atoms with Crippen molar-refractivity contribution < 1.29 is 34.2 Å². The molecule has 0 atom stereocenters. The van der Waals surface area contributed by atoms with Crippen LogP contribution in [0.5, 0.6) is 5.75 Å². The number of benzene rings is 1. The highest BCUT2D eigenvalue weighted by Gasteiger charge is 2.15. The van der Waals surface area contributed by atoms with E-state index in [1.807, 2.05) is 13.0 Å². The Morgan fingerprint density at radius 3 is 2.41 bits per heavy atom. The molecular weight excluding hydrogens is 360 g/mol. The van der Waals surface area contributed by atoms with Crippen LogP contribution in [0.15, 0.2) is 18.2 Å². The van der Waals surface area contributed by atoms with Crippen LogP contribution < -0.4 is 4.74 Å². The fraction of sp³-hybridized carbons (Fsp3) is 0.529. The molecule has 10 nitrogen and oxygen atoms in total. The molecule has 2 rings (SSSR count). The Bertz CT molecular complexity index is 632. The summed E-state index contributed by atoms with van der Waals surface area (Å²) in [5.74, 6) is -3.29. The van der Waals surface area contributed by atoms with Gasteiger partial charge in [0.15, 0.2) is 5.75 Å². The van der Waals surface area contributed by atoms with E-state index >= 15 is 0 Å². The third kappa shape index (κ3) is 8.97. The van der Waals surface area contributed by atoms with E-state index in [0.29, 0.717) is 12.4 Å². The molecule has 1 aromatic carbocycles. The molecule has 1 fully saturated rings. The Morgan fingerprint density at radius 1 is 1.22 bits per heavy atom. The molecule has 1 aromatic rings. The van der Waals surface area contributed by atoms with Gasteiger partial charge in [-0.2, -0.15) is 0 Å². The molecule has 27 heavy (non-hydrogen) atoms. The monoisotopic (exact) mass is 384 g/mol. The van der Waals surface area contributed by atoms with Crippen molar-refractivity contribution in [1.29, 1.82) is 0 Å². The summed E-state index contributed by atoms with van der Waals surface area (Å²) < 4.78 is 10.9. The topological polar surface area (TPSA) is 139 Å². The zero-order valence-corrected chi connectivity index (χ0v) is 15.1. The van der Waals surface area contributed by atoms with E-state index in [1.54, 1.807) is 12.1 Å². The van der Waals surface area contributed by atoms with Crippen LogP contribution in [0, 0.1) is 17.0 Å². The van der Waals surface area contributed by atoms with Crippen LogP contribution in [0.1, 0.15) is 18.4 Å². The molecule has 1 heterocycles. The first kappa shape index (κ1) is 22.3. The number of nitro benzene ring substituents is 1. The Hall–Kier alpha value is -2.72. The molecule has 0 aromatic heterocycles. The van der Waals surface area contributed by atoms with Gasteiger partial charge >= 0.3 is 17.6 Å². The molecule has 0 spiro atoms. The molecule has 1 aliphatic rings. The predicted molar refractivity (Wildman–Crippen MR) is 95.1 cm³/mol. The van der Waals surface area contributed by atoms with Crippen LogP contribution in [0.2, 0.25) is 0 Å². The van der Waals surface area contributed by atoms with E-state index in [4.69, 9.17) is 29.3 Å². The molecule has 0 amide bonds. The predicted octanol–water partition coefficient (Wildman–Crippen LogP) is 1.55. The first-order valence-electron chi connectivity index (χ1n) is 8.45. The molecule has 0 aliphatic carbocycles. The minimum Gasteiger partial charge on any atom is -0.487 e. The summed E-state index contributed by atoms with van der Waals surface area (Å²) in [5.41, 5.74) is 0.907. The number of nitro groups is 1. The number of ether oxygens (including phenoxy) is 2. The van der Waals surface area contributed by atoms with E-state index in [9.17, 15) is 10.1 Å². The summed E-state index contributed by atoms with van der Waals surface area (Å²) in [6, 6.07) is 5.05. The van der Waals surface area contributed by atoms with Gasteiger partial charge in [-0.15, -0.1) is 0 Å². The van der Waals surface area contributed by atoms with Crippen molar-refractivity contribution in [3.05, 3.63) is 33.9 Å². The molecule has 0 radical (unpaired) electrons. The van der Waals surface area contributed by atoms with Gasteiger partial charge in [0.1, 0.15) is 0 Å². The minimum atomic E-state index is -1.82. The van der Waals surface area contributed by atoms with Gasteiger partial charge in [-0.05, 0) is 37.9 Å². The number of aliphatic carboxylic acids is 2. The molecule has 0 unspecified atom stereocenters. The van der Waals surface area contributed by atoms with Gasteiger partial charge in [0.2, 0.25) is 0 Å². The Kier molecular flexibility index (Phi) is 9.76. The number of hydrogen-bond acceptors (Lipinski definition) is 7. The number of rotatable bonds is 7. The molecule has 1 saturated heterocycles. The summed E-state index contributed by atoms with van der Waals surface area (Å²) >= 11 is 0. The summed E-state index contributed by atoms with van der Waals surface area (Å²) in [6.45, 7) is 6.97. The van der Waals surface area contributed by atoms with Crippen LogP contribution in [0.3, 0.4) is 0 Å². The average Bonchev–Trinajstić information content (AvgIpc) is 2.63. The first-order valence-corrected chi connectivity index (χ1v) is 8.45. The number of carboxylic acid groups (broad SMARTS) is 2. The molecule has 0 saturated carbocycles. The van der Waals surface area contributed by atoms with Gasteiger partial charge in [-0.3, -0.25) is 15.0 Å². The van der Waals surface area contributed by atoms with Crippen molar-refractivity contribution in [2.24, 2.45) is 0 Å². The lowest BCUT2D eigenvalue weighted by Crippen LogP contribution is -2.36. The van der Waals surface area contributed by atoms with Crippen molar-refractivity contribution in [3.8, 4) is 5.75 Å². The number of carbonyl (C=O) groups is 2. The van der Waals surface area contributed by atoms with E-state index in [-0.39, 0.29) is 5.69 Å². The van der Waals surface area contributed by atoms with Gasteiger partial charge in [0, 0.05) is 19.2 Å². The second-order valence-electron chi connectivity index (χ2n) is 5.85. The number of carboxylic acids is 2. The smallest absolute Gasteiger partial charge is 0.414 e. The molecule has 10 heteroatoms. The summed E-state index contributed by atoms with van der Waals surface area (Å²) in [4.78, 5) is 31.2. The van der Waals surface area contributed by atoms with Gasteiger partial charge in [-0.1, -0.05) is 6.07 Å². The van der Waals surface area contributed by atoms with Crippen LogP contribution in [-0.2, 0) is 14.3 Å². The minimum absolute atomic E-state index is 0.0446. The second-order valence-corrected chi connectivity index (χ2v) is 5.85. The Balaban J connectivity index is 0.000000527. The number of unbranched alkanes of at least 4 members (excludes halogenated alkanes) is 1. The Labute approximate surface area is 156 Å². The lowest BCUT2D eigenvalue weighted by atomic mass is 10.2. The quantitative estimate of drug-likeness (QED) is 0.310. The summed E-state index contributed by atoms with van der Waals surface area (Å²) in [7, 11) is 0. The summed E-state index contributed by atoms with van der Waals surface area (Å²) in [5, 5.41) is 25.8. The lowest BCUT2D eigenvalue weighted by molar-refractivity contribution is -0.385. The fourth-order valence-corrected chi connectivity index (χ4v) is 2.34. The molecule has 150 valence electrons. The number of nitrogens with zero attached hydrogens (tertiary/aromatic N) is 2. The highest BCUT2D eigenvalue weighted by atomic mass is 16.6. The molecule has 2 N–H and O–H groups in total. The maximum Gasteiger partial charge on any atom is 0.414 e. The van der Waals surface area contributed by atoms with Crippen LogP contribution in [-0.4, -0.2) is 71.4 Å². The number of hydrogen-bond donors (Lipinski definition) is 2. The van der Waals surface area contributed by atoms with Crippen molar-refractivity contribution in [2.75, 3.05) is 39.5 Å². The van der Waals surface area contributed by atoms with Crippen LogP contribution in [0.4, 0.5) is 5.69 Å².